The van der Waals surface area contributed by atoms with Crippen LogP contribution in [0.1, 0.15) is 56.0 Å². The van der Waals surface area contributed by atoms with E-state index in [0.717, 1.165) is 22.5 Å². The quantitative estimate of drug-likeness (QED) is 0.615. The van der Waals surface area contributed by atoms with Crippen LogP contribution in [0.25, 0.3) is 0 Å². The zero-order valence-corrected chi connectivity index (χ0v) is 19.5. The molecule has 0 saturated carbocycles. The van der Waals surface area contributed by atoms with E-state index in [1.54, 1.807) is 36.4 Å². The Hall–Kier alpha value is -2.87. The van der Waals surface area contributed by atoms with Gasteiger partial charge in [0.15, 0.2) is 0 Å². The van der Waals surface area contributed by atoms with E-state index in [2.05, 4.69) is 10.6 Å². The lowest BCUT2D eigenvalue weighted by Crippen LogP contribution is -2.38. The van der Waals surface area contributed by atoms with Gasteiger partial charge in [-0.1, -0.05) is 51.1 Å². The van der Waals surface area contributed by atoms with Gasteiger partial charge in [-0.15, -0.1) is 0 Å². The Kier molecular flexibility index (Phi) is 8.21. The van der Waals surface area contributed by atoms with Gasteiger partial charge in [0.25, 0.3) is 5.91 Å². The number of para-hydroxylation sites is 2. The third kappa shape index (κ3) is 6.55. The molecule has 7 nitrogen and oxygen atoms in total. The lowest BCUT2D eigenvalue weighted by Gasteiger charge is -2.26. The fourth-order valence-corrected chi connectivity index (χ4v) is 3.97. The highest BCUT2D eigenvalue weighted by Crippen LogP contribution is 2.29. The van der Waals surface area contributed by atoms with Crippen molar-refractivity contribution in [2.75, 3.05) is 22.4 Å². The molecule has 0 radical (unpaired) electrons. The third-order valence-electron chi connectivity index (χ3n) is 4.95. The van der Waals surface area contributed by atoms with Gasteiger partial charge in [-0.05, 0) is 43.0 Å². The van der Waals surface area contributed by atoms with Crippen molar-refractivity contribution in [3.05, 3.63) is 59.7 Å². The summed E-state index contributed by atoms with van der Waals surface area (Å²) in [4.78, 5) is 25.4. The SMILES string of the molecule is CC[C@@H](C)NC(=O)c1ccccc1NC(=O)CN(c1ccccc1C(C)C)S(C)(=O)=O. The van der Waals surface area contributed by atoms with E-state index >= 15 is 0 Å². The largest absolute Gasteiger partial charge is 0.350 e. The first-order valence-electron chi connectivity index (χ1n) is 10.3. The molecule has 0 aliphatic carbocycles. The standard InChI is InChI=1S/C23H31N3O4S/c1-6-17(4)24-23(28)19-12-7-9-13-20(19)25-22(27)15-26(31(5,29)30)21-14-10-8-11-18(21)16(2)3/h7-14,16-17H,6,15H2,1-5H3,(H,24,28)(H,25,27)/t17-/m1/s1. The van der Waals surface area contributed by atoms with Gasteiger partial charge in [-0.3, -0.25) is 13.9 Å². The van der Waals surface area contributed by atoms with Crippen LogP contribution in [-0.4, -0.2) is 39.1 Å². The fraction of sp³-hybridized carbons (Fsp3) is 0.391. The predicted molar refractivity (Wildman–Crippen MR) is 125 cm³/mol. The molecule has 0 spiro atoms. The van der Waals surface area contributed by atoms with Crippen LogP contribution in [-0.2, 0) is 14.8 Å². The van der Waals surface area contributed by atoms with Crippen molar-refractivity contribution in [2.45, 2.75) is 46.1 Å². The molecule has 2 N–H and O–H groups in total. The molecular formula is C23H31N3O4S. The van der Waals surface area contributed by atoms with Crippen molar-refractivity contribution in [3.63, 3.8) is 0 Å². The molecule has 0 aliphatic rings. The highest BCUT2D eigenvalue weighted by molar-refractivity contribution is 7.92. The molecule has 0 aliphatic heterocycles. The second kappa shape index (κ2) is 10.4. The number of carbonyl (C=O) groups is 2. The minimum atomic E-state index is -3.71. The average molecular weight is 446 g/mol. The van der Waals surface area contributed by atoms with Gasteiger partial charge >= 0.3 is 0 Å². The van der Waals surface area contributed by atoms with E-state index in [1.165, 1.54) is 0 Å². The molecule has 0 heterocycles. The number of nitrogens with zero attached hydrogens (tertiary/aromatic N) is 1. The number of benzene rings is 2. The molecule has 1 atom stereocenters. The van der Waals surface area contributed by atoms with Crippen LogP contribution in [0.3, 0.4) is 0 Å². The van der Waals surface area contributed by atoms with Crippen LogP contribution >= 0.6 is 0 Å². The second-order valence-electron chi connectivity index (χ2n) is 7.86. The van der Waals surface area contributed by atoms with E-state index in [4.69, 9.17) is 0 Å². The summed E-state index contributed by atoms with van der Waals surface area (Å²) in [6, 6.07) is 13.8. The number of hydrogen-bond acceptors (Lipinski definition) is 4. The number of hydrogen-bond donors (Lipinski definition) is 2. The average Bonchev–Trinajstić information content (AvgIpc) is 2.71. The molecule has 8 heteroatoms. The molecule has 2 aromatic rings. The Morgan fingerprint density at radius 1 is 1.00 bits per heavy atom. The van der Waals surface area contributed by atoms with Crippen molar-refractivity contribution < 1.29 is 18.0 Å². The summed E-state index contributed by atoms with van der Waals surface area (Å²) in [5, 5.41) is 5.57. The van der Waals surface area contributed by atoms with Crippen LogP contribution in [0.2, 0.25) is 0 Å². The Balaban J connectivity index is 2.29. The van der Waals surface area contributed by atoms with Crippen molar-refractivity contribution in [1.29, 1.82) is 0 Å². The number of nitrogens with one attached hydrogen (secondary N) is 2. The molecule has 2 amide bonds. The molecule has 2 aromatic carbocycles. The van der Waals surface area contributed by atoms with Crippen molar-refractivity contribution >= 4 is 33.2 Å². The van der Waals surface area contributed by atoms with Gasteiger partial charge in [-0.25, -0.2) is 8.42 Å². The summed E-state index contributed by atoms with van der Waals surface area (Å²) in [5.41, 5.74) is 1.95. The number of amides is 2. The monoisotopic (exact) mass is 445 g/mol. The Bertz CT molecular complexity index is 1030. The van der Waals surface area contributed by atoms with Gasteiger partial charge in [0.2, 0.25) is 15.9 Å². The maximum absolute atomic E-state index is 12.8. The van der Waals surface area contributed by atoms with Gasteiger partial charge in [-0.2, -0.15) is 0 Å². The summed E-state index contributed by atoms with van der Waals surface area (Å²) in [5.74, 6) is -0.753. The first-order chi connectivity index (χ1) is 14.5. The molecule has 0 unspecified atom stereocenters. The topological polar surface area (TPSA) is 95.6 Å². The number of anilines is 2. The second-order valence-corrected chi connectivity index (χ2v) is 9.77. The smallest absolute Gasteiger partial charge is 0.253 e. The van der Waals surface area contributed by atoms with Crippen LogP contribution in [0.4, 0.5) is 11.4 Å². The van der Waals surface area contributed by atoms with E-state index < -0.39 is 22.5 Å². The molecule has 0 fully saturated rings. The Morgan fingerprint density at radius 3 is 2.23 bits per heavy atom. The number of carbonyl (C=O) groups excluding carboxylic acids is 2. The molecular weight excluding hydrogens is 414 g/mol. The molecule has 0 bridgehead atoms. The van der Waals surface area contributed by atoms with Crippen molar-refractivity contribution in [3.8, 4) is 0 Å². The maximum atomic E-state index is 12.8. The Morgan fingerprint density at radius 2 is 1.61 bits per heavy atom. The summed E-state index contributed by atoms with van der Waals surface area (Å²) in [7, 11) is -3.71. The van der Waals surface area contributed by atoms with Crippen LogP contribution in [0, 0.1) is 0 Å². The van der Waals surface area contributed by atoms with E-state index in [9.17, 15) is 18.0 Å². The highest BCUT2D eigenvalue weighted by atomic mass is 32.2. The third-order valence-corrected chi connectivity index (χ3v) is 6.08. The van der Waals surface area contributed by atoms with E-state index in [1.807, 2.05) is 39.8 Å². The summed E-state index contributed by atoms with van der Waals surface area (Å²) >= 11 is 0. The van der Waals surface area contributed by atoms with E-state index in [-0.39, 0.29) is 17.9 Å². The summed E-state index contributed by atoms with van der Waals surface area (Å²) < 4.78 is 26.1. The predicted octanol–water partition coefficient (Wildman–Crippen LogP) is 3.74. The van der Waals surface area contributed by atoms with Crippen LogP contribution in [0.5, 0.6) is 0 Å². The maximum Gasteiger partial charge on any atom is 0.253 e. The van der Waals surface area contributed by atoms with Gasteiger partial charge in [0.05, 0.1) is 23.2 Å². The lowest BCUT2D eigenvalue weighted by molar-refractivity contribution is -0.114. The minimum Gasteiger partial charge on any atom is -0.350 e. The summed E-state index contributed by atoms with van der Waals surface area (Å²) in [6.45, 7) is 7.39. The molecule has 31 heavy (non-hydrogen) atoms. The number of sulfonamides is 1. The number of rotatable bonds is 9. The van der Waals surface area contributed by atoms with Gasteiger partial charge in [0.1, 0.15) is 6.54 Å². The Labute approximate surface area is 184 Å². The minimum absolute atomic E-state index is 0.00970. The highest BCUT2D eigenvalue weighted by Gasteiger charge is 2.24. The lowest BCUT2D eigenvalue weighted by atomic mass is 10.0. The summed E-state index contributed by atoms with van der Waals surface area (Å²) in [6.07, 6.45) is 1.85. The molecule has 0 saturated heterocycles. The molecule has 168 valence electrons. The van der Waals surface area contributed by atoms with Gasteiger partial charge < -0.3 is 10.6 Å². The zero-order chi connectivity index (χ0) is 23.2. The fourth-order valence-electron chi connectivity index (χ4n) is 3.10. The van der Waals surface area contributed by atoms with E-state index in [0.29, 0.717) is 16.9 Å². The molecule has 0 aromatic heterocycles. The first kappa shape index (κ1) is 24.4. The normalized spacial score (nSPS) is 12.3. The van der Waals surface area contributed by atoms with Gasteiger partial charge in [0, 0.05) is 6.04 Å². The van der Waals surface area contributed by atoms with Crippen LogP contribution in [0.15, 0.2) is 48.5 Å². The van der Waals surface area contributed by atoms with Crippen molar-refractivity contribution in [1.82, 2.24) is 5.32 Å². The molecule has 2 rings (SSSR count). The van der Waals surface area contributed by atoms with Crippen molar-refractivity contribution in [2.24, 2.45) is 0 Å². The first-order valence-corrected chi connectivity index (χ1v) is 12.2. The zero-order valence-electron chi connectivity index (χ0n) is 18.7. The van der Waals surface area contributed by atoms with Crippen LogP contribution < -0.4 is 14.9 Å².